The lowest BCUT2D eigenvalue weighted by Gasteiger charge is -2.03. The molecule has 0 atom stereocenters. The largest absolute Gasteiger partial charge is 0.504 e. The minimum Gasteiger partial charge on any atom is -0.504 e. The first-order chi connectivity index (χ1) is 10.0. The number of aromatic hydroxyl groups is 1. The average molecular weight is 286 g/mol. The first-order valence-electron chi connectivity index (χ1n) is 6.91. The van der Waals surface area contributed by atoms with Gasteiger partial charge in [0, 0.05) is 6.42 Å². The maximum Gasteiger partial charge on any atom is 0.161 e. The van der Waals surface area contributed by atoms with E-state index < -0.39 is 0 Å². The lowest BCUT2D eigenvalue weighted by atomic mass is 10.1. The minimum absolute atomic E-state index is 0.111. The molecule has 0 bridgehead atoms. The number of methoxy groups -OCH3 is 1. The minimum atomic E-state index is 0.111. The van der Waals surface area contributed by atoms with E-state index in [2.05, 4.69) is 6.08 Å². The second-order valence-corrected chi connectivity index (χ2v) is 4.94. The Morgan fingerprint density at radius 3 is 2.71 bits per heavy atom. The van der Waals surface area contributed by atoms with Gasteiger partial charge in [-0.05, 0) is 44.0 Å². The van der Waals surface area contributed by atoms with Gasteiger partial charge in [0.05, 0.1) is 7.11 Å². The number of rotatable bonds is 7. The molecule has 112 valence electrons. The molecule has 0 saturated carbocycles. The van der Waals surface area contributed by atoms with Crippen molar-refractivity contribution < 1.29 is 14.6 Å². The molecule has 0 saturated heterocycles. The highest BCUT2D eigenvalue weighted by Gasteiger charge is 1.99. The molecule has 3 heteroatoms. The van der Waals surface area contributed by atoms with Gasteiger partial charge >= 0.3 is 0 Å². The quantitative estimate of drug-likeness (QED) is 0.462. The highest BCUT2D eigenvalue weighted by Crippen LogP contribution is 2.26. The Morgan fingerprint density at radius 2 is 2.05 bits per heavy atom. The van der Waals surface area contributed by atoms with Gasteiger partial charge in [-0.25, -0.2) is 0 Å². The number of hydrogen-bond donors (Lipinski definition) is 1. The molecule has 0 aliphatic heterocycles. The molecule has 0 aliphatic rings. The van der Waals surface area contributed by atoms with Crippen LogP contribution < -0.4 is 4.74 Å². The topological polar surface area (TPSA) is 46.5 Å². The number of phenols is 1. The number of benzene rings is 1. The zero-order valence-electron chi connectivity index (χ0n) is 12.8. The Kier molecular flexibility index (Phi) is 7.02. The molecule has 3 nitrogen and oxygen atoms in total. The smallest absolute Gasteiger partial charge is 0.161 e. The lowest BCUT2D eigenvalue weighted by molar-refractivity contribution is -0.114. The normalized spacial score (nSPS) is 11.0. The molecule has 21 heavy (non-hydrogen) atoms. The number of carbonyl (C=O) groups is 1. The Hall–Kier alpha value is -2.29. The summed E-state index contributed by atoms with van der Waals surface area (Å²) in [5.41, 5.74) is 2.12. The number of hydrogen-bond acceptors (Lipinski definition) is 3. The molecular formula is C18H22O3. The van der Waals surface area contributed by atoms with Crippen LogP contribution in [0.15, 0.2) is 48.1 Å². The summed E-state index contributed by atoms with van der Waals surface area (Å²) in [5, 5.41) is 9.49. The van der Waals surface area contributed by atoms with E-state index in [1.807, 2.05) is 19.9 Å². The third kappa shape index (κ3) is 6.61. The standard InChI is InChI=1S/C18H22O3/c1-14(2)7-6-10-16(19)9-5-4-8-15-11-12-17(20)18(13-15)21-3/h4-5,7-9,11-13,20H,6,10H2,1-3H3. The van der Waals surface area contributed by atoms with Crippen molar-refractivity contribution in [2.45, 2.75) is 26.7 Å². The van der Waals surface area contributed by atoms with Crippen LogP contribution in [-0.2, 0) is 4.79 Å². The van der Waals surface area contributed by atoms with E-state index in [1.54, 1.807) is 36.4 Å². The van der Waals surface area contributed by atoms with Gasteiger partial charge in [0.1, 0.15) is 0 Å². The van der Waals surface area contributed by atoms with Crippen molar-refractivity contribution in [3.63, 3.8) is 0 Å². The summed E-state index contributed by atoms with van der Waals surface area (Å²) in [6.07, 6.45) is 10.3. The van der Waals surface area contributed by atoms with Crippen molar-refractivity contribution in [3.8, 4) is 11.5 Å². The molecule has 1 N–H and O–H groups in total. The molecule has 0 aliphatic carbocycles. The Bertz CT molecular complexity index is 562. The summed E-state index contributed by atoms with van der Waals surface area (Å²) in [7, 11) is 1.51. The van der Waals surface area contributed by atoms with Crippen LogP contribution in [-0.4, -0.2) is 18.0 Å². The summed E-state index contributed by atoms with van der Waals surface area (Å²) in [6, 6.07) is 5.09. The molecule has 0 heterocycles. The van der Waals surface area contributed by atoms with Gasteiger partial charge in [-0.3, -0.25) is 4.79 Å². The van der Waals surface area contributed by atoms with E-state index in [0.717, 1.165) is 12.0 Å². The van der Waals surface area contributed by atoms with E-state index in [-0.39, 0.29) is 11.5 Å². The van der Waals surface area contributed by atoms with E-state index in [4.69, 9.17) is 4.74 Å². The second kappa shape index (κ2) is 8.80. The molecule has 0 spiro atoms. The van der Waals surface area contributed by atoms with Crippen LogP contribution in [0, 0.1) is 0 Å². The summed E-state index contributed by atoms with van der Waals surface area (Å²) in [6.45, 7) is 4.05. The fraction of sp³-hybridized carbons (Fsp3) is 0.278. The summed E-state index contributed by atoms with van der Waals surface area (Å²) in [5.74, 6) is 0.652. The first kappa shape index (κ1) is 16.8. The number of phenolic OH excluding ortho intramolecular Hbond substituents is 1. The van der Waals surface area contributed by atoms with Crippen molar-refractivity contribution in [2.75, 3.05) is 7.11 Å². The van der Waals surface area contributed by atoms with Gasteiger partial charge in [0.15, 0.2) is 17.3 Å². The maximum absolute atomic E-state index is 11.6. The third-order valence-corrected chi connectivity index (χ3v) is 2.83. The Balaban J connectivity index is 2.52. The van der Waals surface area contributed by atoms with Crippen LogP contribution in [0.3, 0.4) is 0 Å². The predicted octanol–water partition coefficient (Wildman–Crippen LogP) is 4.29. The second-order valence-electron chi connectivity index (χ2n) is 4.94. The van der Waals surface area contributed by atoms with Gasteiger partial charge in [0.25, 0.3) is 0 Å². The van der Waals surface area contributed by atoms with E-state index in [0.29, 0.717) is 12.2 Å². The van der Waals surface area contributed by atoms with E-state index in [9.17, 15) is 9.90 Å². The van der Waals surface area contributed by atoms with Gasteiger partial charge in [-0.2, -0.15) is 0 Å². The number of ether oxygens (including phenoxy) is 1. The molecule has 1 aromatic rings. The van der Waals surface area contributed by atoms with Crippen LogP contribution in [0.2, 0.25) is 0 Å². The summed E-state index contributed by atoms with van der Waals surface area (Å²) in [4.78, 5) is 11.6. The molecular weight excluding hydrogens is 264 g/mol. The van der Waals surface area contributed by atoms with Gasteiger partial charge < -0.3 is 9.84 Å². The fourth-order valence-corrected chi connectivity index (χ4v) is 1.71. The van der Waals surface area contributed by atoms with Crippen molar-refractivity contribution in [1.82, 2.24) is 0 Å². The molecule has 1 aromatic carbocycles. The Labute approximate surface area is 126 Å². The van der Waals surface area contributed by atoms with Crippen LogP contribution in [0.4, 0.5) is 0 Å². The lowest BCUT2D eigenvalue weighted by Crippen LogP contribution is -1.90. The van der Waals surface area contributed by atoms with Crippen LogP contribution in [0.25, 0.3) is 6.08 Å². The van der Waals surface area contributed by atoms with Gasteiger partial charge in [0.2, 0.25) is 0 Å². The highest BCUT2D eigenvalue weighted by molar-refractivity contribution is 5.90. The van der Waals surface area contributed by atoms with Crippen molar-refractivity contribution in [3.05, 3.63) is 53.6 Å². The Morgan fingerprint density at radius 1 is 1.29 bits per heavy atom. The number of ketones is 1. The molecule has 1 rings (SSSR count). The number of carbonyl (C=O) groups excluding carboxylic acids is 1. The third-order valence-electron chi connectivity index (χ3n) is 2.83. The van der Waals surface area contributed by atoms with Gasteiger partial charge in [-0.15, -0.1) is 0 Å². The van der Waals surface area contributed by atoms with Crippen molar-refractivity contribution >= 4 is 11.9 Å². The summed E-state index contributed by atoms with van der Waals surface area (Å²) < 4.78 is 5.03. The van der Waals surface area contributed by atoms with Crippen molar-refractivity contribution in [2.24, 2.45) is 0 Å². The zero-order chi connectivity index (χ0) is 15.7. The first-order valence-corrected chi connectivity index (χ1v) is 6.91. The molecule has 0 aromatic heterocycles. The van der Waals surface area contributed by atoms with E-state index in [1.165, 1.54) is 12.7 Å². The zero-order valence-corrected chi connectivity index (χ0v) is 12.8. The highest BCUT2D eigenvalue weighted by atomic mass is 16.5. The van der Waals surface area contributed by atoms with Crippen molar-refractivity contribution in [1.29, 1.82) is 0 Å². The molecule has 0 fully saturated rings. The summed E-state index contributed by atoms with van der Waals surface area (Å²) >= 11 is 0. The van der Waals surface area contributed by atoms with Crippen LogP contribution in [0.5, 0.6) is 11.5 Å². The SMILES string of the molecule is COc1cc(C=CC=CC(=O)CCC=C(C)C)ccc1O. The monoisotopic (exact) mass is 286 g/mol. The molecule has 0 unspecified atom stereocenters. The van der Waals surface area contributed by atoms with Crippen LogP contribution >= 0.6 is 0 Å². The fourth-order valence-electron chi connectivity index (χ4n) is 1.71. The van der Waals surface area contributed by atoms with Gasteiger partial charge in [-0.1, -0.05) is 35.9 Å². The maximum atomic E-state index is 11.6. The average Bonchev–Trinajstić information content (AvgIpc) is 2.44. The number of allylic oxidation sites excluding steroid dienone is 5. The molecule has 0 radical (unpaired) electrons. The molecule has 0 amide bonds. The van der Waals surface area contributed by atoms with Crippen LogP contribution in [0.1, 0.15) is 32.3 Å². The van der Waals surface area contributed by atoms with E-state index >= 15 is 0 Å². The predicted molar refractivity (Wildman–Crippen MR) is 86.5 cm³/mol.